The van der Waals surface area contributed by atoms with E-state index in [1.54, 1.807) is 0 Å². The molecule has 0 aliphatic heterocycles. The van der Waals surface area contributed by atoms with Crippen molar-refractivity contribution in [2.24, 2.45) is 0 Å². The van der Waals surface area contributed by atoms with E-state index in [0.29, 0.717) is 5.69 Å². The highest BCUT2D eigenvalue weighted by Gasteiger charge is 2.11. The second-order valence-corrected chi connectivity index (χ2v) is 4.18. The molecule has 7 heteroatoms. The third kappa shape index (κ3) is 3.36. The standard InChI is InChI=1S/C9H9BrFNO3S/c10-4-9(13)8-3-7(12-16(14)15)2-1-6(8)5-11/h1-3,12H,4-5H2,(H,14,15). The molecule has 0 aliphatic rings. The fourth-order valence-corrected chi connectivity index (χ4v) is 1.82. The summed E-state index contributed by atoms with van der Waals surface area (Å²) in [4.78, 5) is 11.5. The predicted molar refractivity (Wildman–Crippen MR) is 63.8 cm³/mol. The van der Waals surface area contributed by atoms with Gasteiger partial charge in [-0.1, -0.05) is 22.0 Å². The van der Waals surface area contributed by atoms with Gasteiger partial charge in [0.25, 0.3) is 11.3 Å². The maximum Gasteiger partial charge on any atom is 0.259 e. The van der Waals surface area contributed by atoms with Gasteiger partial charge in [-0.2, -0.15) is 0 Å². The number of rotatable bonds is 5. The lowest BCUT2D eigenvalue weighted by Crippen LogP contribution is -2.07. The molecule has 2 N–H and O–H groups in total. The second-order valence-electron chi connectivity index (χ2n) is 2.91. The van der Waals surface area contributed by atoms with Crippen molar-refractivity contribution in [3.05, 3.63) is 29.3 Å². The van der Waals surface area contributed by atoms with Crippen molar-refractivity contribution in [3.8, 4) is 0 Å². The van der Waals surface area contributed by atoms with Crippen molar-refractivity contribution >= 4 is 38.7 Å². The van der Waals surface area contributed by atoms with E-state index in [4.69, 9.17) is 4.55 Å². The first-order valence-corrected chi connectivity index (χ1v) is 6.47. The minimum absolute atomic E-state index is 0.0751. The summed E-state index contributed by atoms with van der Waals surface area (Å²) in [5, 5.41) is 0.0751. The zero-order valence-corrected chi connectivity index (χ0v) is 10.5. The van der Waals surface area contributed by atoms with E-state index >= 15 is 0 Å². The molecule has 88 valence electrons. The van der Waals surface area contributed by atoms with Crippen LogP contribution in [0.25, 0.3) is 0 Å². The zero-order valence-electron chi connectivity index (χ0n) is 8.07. The van der Waals surface area contributed by atoms with Crippen LogP contribution >= 0.6 is 15.9 Å². The molecule has 0 radical (unpaired) electrons. The maximum atomic E-state index is 12.6. The minimum Gasteiger partial charge on any atom is -0.293 e. The van der Waals surface area contributed by atoms with Gasteiger partial charge in [-0.05, 0) is 17.7 Å². The maximum absolute atomic E-state index is 12.6. The van der Waals surface area contributed by atoms with Crippen molar-refractivity contribution in [1.29, 1.82) is 0 Å². The Bertz CT molecular complexity index is 427. The van der Waals surface area contributed by atoms with Crippen molar-refractivity contribution in [3.63, 3.8) is 0 Å². The fraction of sp³-hybridized carbons (Fsp3) is 0.222. The molecule has 1 rings (SSSR count). The number of carbonyl (C=O) groups excluding carboxylic acids is 1. The van der Waals surface area contributed by atoms with Crippen LogP contribution in [-0.4, -0.2) is 19.9 Å². The first-order chi connectivity index (χ1) is 7.58. The third-order valence-corrected chi connectivity index (χ3v) is 2.80. The summed E-state index contributed by atoms with van der Waals surface area (Å²) < 4.78 is 33.9. The van der Waals surface area contributed by atoms with Crippen molar-refractivity contribution in [1.82, 2.24) is 0 Å². The molecular formula is C9H9BrFNO3S. The number of benzene rings is 1. The smallest absolute Gasteiger partial charge is 0.259 e. The van der Waals surface area contributed by atoms with Gasteiger partial charge >= 0.3 is 0 Å². The van der Waals surface area contributed by atoms with E-state index in [9.17, 15) is 13.4 Å². The molecule has 0 aromatic heterocycles. The molecule has 0 fully saturated rings. The number of anilines is 1. The van der Waals surface area contributed by atoms with Gasteiger partial charge in [-0.3, -0.25) is 14.1 Å². The van der Waals surface area contributed by atoms with E-state index in [-0.39, 0.29) is 22.2 Å². The molecule has 0 amide bonds. The Kier molecular flexibility index (Phi) is 5.04. The van der Waals surface area contributed by atoms with Crippen LogP contribution in [-0.2, 0) is 17.9 Å². The number of hydrogen-bond donors (Lipinski definition) is 2. The summed E-state index contributed by atoms with van der Waals surface area (Å²) in [7, 11) is 0. The van der Waals surface area contributed by atoms with E-state index in [1.807, 2.05) is 0 Å². The first kappa shape index (κ1) is 13.3. The fourth-order valence-electron chi connectivity index (χ4n) is 1.19. The highest BCUT2D eigenvalue weighted by atomic mass is 79.9. The number of carbonyl (C=O) groups is 1. The van der Waals surface area contributed by atoms with Gasteiger partial charge in [0.2, 0.25) is 0 Å². The lowest BCUT2D eigenvalue weighted by Gasteiger charge is -2.07. The van der Waals surface area contributed by atoms with Crippen LogP contribution in [0.3, 0.4) is 0 Å². The lowest BCUT2D eigenvalue weighted by molar-refractivity contribution is 0.102. The highest BCUT2D eigenvalue weighted by molar-refractivity contribution is 9.09. The number of alkyl halides is 2. The number of hydrogen-bond acceptors (Lipinski definition) is 2. The van der Waals surface area contributed by atoms with Crippen LogP contribution in [0, 0.1) is 0 Å². The molecule has 0 spiro atoms. The third-order valence-electron chi connectivity index (χ3n) is 1.88. The predicted octanol–water partition coefficient (Wildman–Crippen LogP) is 2.28. The largest absolute Gasteiger partial charge is 0.293 e. The number of ketones is 1. The summed E-state index contributed by atoms with van der Waals surface area (Å²) in [6.07, 6.45) is 0. The summed E-state index contributed by atoms with van der Waals surface area (Å²) in [5.41, 5.74) is 0.760. The second kappa shape index (κ2) is 6.07. The van der Waals surface area contributed by atoms with Crippen molar-refractivity contribution in [2.75, 3.05) is 10.1 Å². The van der Waals surface area contributed by atoms with Crippen LogP contribution in [0.2, 0.25) is 0 Å². The van der Waals surface area contributed by atoms with Crippen LogP contribution in [0.5, 0.6) is 0 Å². The molecule has 0 saturated heterocycles. The number of halogens is 2. The molecule has 0 aliphatic carbocycles. The van der Waals surface area contributed by atoms with Crippen LogP contribution < -0.4 is 4.72 Å². The van der Waals surface area contributed by atoms with Gasteiger partial charge in [0, 0.05) is 11.3 Å². The summed E-state index contributed by atoms with van der Waals surface area (Å²) in [6, 6.07) is 4.20. The molecule has 1 atom stereocenters. The Hall–Kier alpha value is -0.790. The monoisotopic (exact) mass is 309 g/mol. The van der Waals surface area contributed by atoms with E-state index in [0.717, 1.165) is 0 Å². The Morgan fingerprint density at radius 1 is 1.56 bits per heavy atom. The average molecular weight is 310 g/mol. The lowest BCUT2D eigenvalue weighted by atomic mass is 10.0. The van der Waals surface area contributed by atoms with E-state index in [2.05, 4.69) is 20.7 Å². The first-order valence-electron chi connectivity index (χ1n) is 4.24. The Morgan fingerprint density at radius 2 is 2.25 bits per heavy atom. The molecule has 1 aromatic rings. The molecule has 0 heterocycles. The van der Waals surface area contributed by atoms with Crippen molar-refractivity contribution in [2.45, 2.75) is 6.67 Å². The summed E-state index contributed by atoms with van der Waals surface area (Å²) in [5.74, 6) is -0.278. The molecule has 1 aromatic carbocycles. The quantitative estimate of drug-likeness (QED) is 0.498. The Morgan fingerprint density at radius 3 is 2.75 bits per heavy atom. The molecule has 4 nitrogen and oxygen atoms in total. The van der Waals surface area contributed by atoms with Crippen LogP contribution in [0.15, 0.2) is 18.2 Å². The van der Waals surface area contributed by atoms with Crippen LogP contribution in [0.4, 0.5) is 10.1 Å². The van der Waals surface area contributed by atoms with Crippen LogP contribution in [0.1, 0.15) is 15.9 Å². The van der Waals surface area contributed by atoms with Crippen molar-refractivity contribution < 1.29 is 17.9 Å². The van der Waals surface area contributed by atoms with Gasteiger partial charge < -0.3 is 0 Å². The van der Waals surface area contributed by atoms with Gasteiger partial charge in [-0.25, -0.2) is 8.60 Å². The van der Waals surface area contributed by atoms with E-state index < -0.39 is 17.9 Å². The van der Waals surface area contributed by atoms with Gasteiger partial charge in [-0.15, -0.1) is 0 Å². The molecular weight excluding hydrogens is 301 g/mol. The number of Topliss-reactive ketones (excluding diaryl/α,β-unsaturated/α-hetero) is 1. The summed E-state index contributed by atoms with van der Waals surface area (Å²) in [6.45, 7) is -0.753. The highest BCUT2D eigenvalue weighted by Crippen LogP contribution is 2.18. The summed E-state index contributed by atoms with van der Waals surface area (Å²) >= 11 is 0.773. The molecule has 16 heavy (non-hydrogen) atoms. The Labute approximate surface area is 103 Å². The van der Waals surface area contributed by atoms with Gasteiger partial charge in [0.05, 0.1) is 5.33 Å². The molecule has 0 bridgehead atoms. The SMILES string of the molecule is O=C(CBr)c1cc(NS(=O)O)ccc1CF. The molecule has 0 saturated carbocycles. The minimum atomic E-state index is -2.22. The zero-order chi connectivity index (χ0) is 12.1. The van der Waals surface area contributed by atoms with Gasteiger partial charge in [0.15, 0.2) is 5.78 Å². The van der Waals surface area contributed by atoms with Gasteiger partial charge in [0.1, 0.15) is 6.67 Å². The Balaban J connectivity index is 3.10. The van der Waals surface area contributed by atoms with E-state index in [1.165, 1.54) is 18.2 Å². The topological polar surface area (TPSA) is 66.4 Å². The number of nitrogens with one attached hydrogen (secondary N) is 1. The molecule has 1 unspecified atom stereocenters. The normalized spacial score (nSPS) is 12.2. The average Bonchev–Trinajstić information content (AvgIpc) is 2.27.